The molecule has 29 heavy (non-hydrogen) atoms. The Balaban J connectivity index is 1.82. The summed E-state index contributed by atoms with van der Waals surface area (Å²) in [6.07, 6.45) is -4.71. The Morgan fingerprint density at radius 2 is 1.76 bits per heavy atom. The molecule has 0 unspecified atom stereocenters. The number of para-hydroxylation sites is 1. The van der Waals surface area contributed by atoms with Gasteiger partial charge >= 0.3 is 6.18 Å². The number of nitrogens with zero attached hydrogens (tertiary/aromatic N) is 3. The van der Waals surface area contributed by atoms with Gasteiger partial charge in [-0.3, -0.25) is 4.79 Å². The van der Waals surface area contributed by atoms with Crippen molar-refractivity contribution in [2.75, 3.05) is 18.0 Å². The van der Waals surface area contributed by atoms with Crippen LogP contribution in [0, 0.1) is 5.82 Å². The molecule has 0 saturated heterocycles. The van der Waals surface area contributed by atoms with Crippen molar-refractivity contribution in [2.45, 2.75) is 19.6 Å². The minimum absolute atomic E-state index is 0.0438. The van der Waals surface area contributed by atoms with Crippen LogP contribution in [0.2, 0.25) is 0 Å². The molecule has 1 heterocycles. The second kappa shape index (κ2) is 8.42. The van der Waals surface area contributed by atoms with E-state index in [2.05, 4.69) is 15.3 Å². The van der Waals surface area contributed by atoms with Gasteiger partial charge in [0.15, 0.2) is 0 Å². The minimum Gasteiger partial charge on any atom is -0.350 e. The fourth-order valence-corrected chi connectivity index (χ4v) is 2.80. The van der Waals surface area contributed by atoms with Gasteiger partial charge in [-0.15, -0.1) is 0 Å². The molecule has 1 aromatic heterocycles. The molecule has 1 amide bonds. The van der Waals surface area contributed by atoms with Crippen molar-refractivity contribution in [2.24, 2.45) is 0 Å². The van der Waals surface area contributed by atoms with E-state index in [9.17, 15) is 22.4 Å². The molecule has 0 atom stereocenters. The third kappa shape index (κ3) is 4.98. The van der Waals surface area contributed by atoms with Gasteiger partial charge in [0.05, 0.1) is 12.1 Å². The third-order valence-corrected chi connectivity index (χ3v) is 4.26. The molecule has 0 radical (unpaired) electrons. The van der Waals surface area contributed by atoms with E-state index in [1.54, 1.807) is 37.3 Å². The normalized spacial score (nSPS) is 11.5. The summed E-state index contributed by atoms with van der Waals surface area (Å²) < 4.78 is 52.6. The number of nitrogens with one attached hydrogen (secondary N) is 1. The van der Waals surface area contributed by atoms with Crippen molar-refractivity contribution < 1.29 is 22.4 Å². The van der Waals surface area contributed by atoms with Crippen LogP contribution in [0.3, 0.4) is 0 Å². The first-order valence-electron chi connectivity index (χ1n) is 8.88. The molecule has 152 valence electrons. The second-order valence-corrected chi connectivity index (χ2v) is 6.30. The number of hydrogen-bond donors (Lipinski definition) is 1. The number of anilines is 1. The van der Waals surface area contributed by atoms with Crippen LogP contribution < -0.4 is 10.2 Å². The highest BCUT2D eigenvalue weighted by Crippen LogP contribution is 2.31. The van der Waals surface area contributed by atoms with Gasteiger partial charge in [-0.2, -0.15) is 13.2 Å². The quantitative estimate of drug-likeness (QED) is 0.631. The van der Waals surface area contributed by atoms with E-state index in [-0.39, 0.29) is 36.8 Å². The Morgan fingerprint density at radius 3 is 2.41 bits per heavy atom. The Hall–Kier alpha value is -3.23. The van der Waals surface area contributed by atoms with Gasteiger partial charge in [0.25, 0.3) is 0 Å². The number of amides is 1. The molecule has 0 aliphatic carbocycles. The van der Waals surface area contributed by atoms with Gasteiger partial charge in [0.1, 0.15) is 11.6 Å². The van der Waals surface area contributed by atoms with Crippen molar-refractivity contribution in [3.63, 3.8) is 0 Å². The van der Waals surface area contributed by atoms with E-state index in [4.69, 9.17) is 0 Å². The van der Waals surface area contributed by atoms with Crippen LogP contribution in [0.5, 0.6) is 0 Å². The summed E-state index contributed by atoms with van der Waals surface area (Å²) in [5.41, 5.74) is 0.852. The minimum atomic E-state index is -4.71. The standard InChI is InChI=1S/C20H18F4N4O/c1-2-28(12-17(29)25-11-13-7-9-14(21)10-8-13)18-15-5-3-4-6-16(15)26-19(27-18)20(22,23)24/h3-10H,2,11-12H2,1H3,(H,25,29). The second-order valence-electron chi connectivity index (χ2n) is 6.30. The molecular formula is C20H18F4N4O. The number of rotatable bonds is 6. The first-order chi connectivity index (χ1) is 13.8. The predicted molar refractivity (Wildman–Crippen MR) is 101 cm³/mol. The Labute approximate surface area is 164 Å². The molecule has 0 aliphatic rings. The van der Waals surface area contributed by atoms with Gasteiger partial charge in [0.2, 0.25) is 11.7 Å². The highest BCUT2D eigenvalue weighted by atomic mass is 19.4. The maximum atomic E-state index is 13.2. The predicted octanol–water partition coefficient (Wildman–Crippen LogP) is 3.93. The zero-order valence-corrected chi connectivity index (χ0v) is 15.5. The third-order valence-electron chi connectivity index (χ3n) is 4.26. The van der Waals surface area contributed by atoms with Gasteiger partial charge in [-0.1, -0.05) is 24.3 Å². The van der Waals surface area contributed by atoms with Crippen LogP contribution in [-0.2, 0) is 17.5 Å². The highest BCUT2D eigenvalue weighted by Gasteiger charge is 2.36. The fraction of sp³-hybridized carbons (Fsp3) is 0.250. The molecule has 0 bridgehead atoms. The number of benzene rings is 2. The van der Waals surface area contributed by atoms with E-state index in [1.807, 2.05) is 0 Å². The largest absolute Gasteiger partial charge is 0.451 e. The smallest absolute Gasteiger partial charge is 0.350 e. The van der Waals surface area contributed by atoms with Crippen LogP contribution in [0.15, 0.2) is 48.5 Å². The maximum Gasteiger partial charge on any atom is 0.451 e. The number of hydrogen-bond acceptors (Lipinski definition) is 4. The van der Waals surface area contributed by atoms with Crippen molar-refractivity contribution in [3.8, 4) is 0 Å². The number of aromatic nitrogens is 2. The molecular weight excluding hydrogens is 388 g/mol. The first kappa shape index (κ1) is 20.5. The van der Waals surface area contributed by atoms with E-state index in [1.165, 1.54) is 23.1 Å². The zero-order chi connectivity index (χ0) is 21.0. The Kier molecular flexibility index (Phi) is 5.95. The number of carbonyl (C=O) groups is 1. The van der Waals surface area contributed by atoms with Gasteiger partial charge in [0, 0.05) is 18.5 Å². The summed E-state index contributed by atoms with van der Waals surface area (Å²) in [5, 5.41) is 3.10. The highest BCUT2D eigenvalue weighted by molar-refractivity contribution is 5.91. The van der Waals surface area contributed by atoms with Crippen molar-refractivity contribution in [3.05, 3.63) is 65.7 Å². The average molecular weight is 406 g/mol. The van der Waals surface area contributed by atoms with Crippen LogP contribution in [0.1, 0.15) is 18.3 Å². The Morgan fingerprint density at radius 1 is 1.07 bits per heavy atom. The number of alkyl halides is 3. The summed E-state index contributed by atoms with van der Waals surface area (Å²) in [6, 6.07) is 12.0. The molecule has 5 nitrogen and oxygen atoms in total. The number of carbonyl (C=O) groups excluding carboxylic acids is 1. The molecule has 0 fully saturated rings. The van der Waals surface area contributed by atoms with Gasteiger partial charge < -0.3 is 10.2 Å². The van der Waals surface area contributed by atoms with Crippen molar-refractivity contribution in [1.29, 1.82) is 0 Å². The lowest BCUT2D eigenvalue weighted by Gasteiger charge is -2.23. The SMILES string of the molecule is CCN(CC(=O)NCc1ccc(F)cc1)c1nc(C(F)(F)F)nc2ccccc12. The summed E-state index contributed by atoms with van der Waals surface area (Å²) in [4.78, 5) is 21.1. The van der Waals surface area contributed by atoms with Gasteiger partial charge in [-0.25, -0.2) is 14.4 Å². The molecule has 1 N–H and O–H groups in total. The fourth-order valence-electron chi connectivity index (χ4n) is 2.80. The lowest BCUT2D eigenvalue weighted by molar-refractivity contribution is -0.144. The molecule has 2 aromatic carbocycles. The summed E-state index contributed by atoms with van der Waals surface area (Å²) in [6.45, 7) is 1.98. The average Bonchev–Trinajstić information content (AvgIpc) is 2.70. The molecule has 3 rings (SSSR count). The lowest BCUT2D eigenvalue weighted by atomic mass is 10.2. The number of fused-ring (bicyclic) bond motifs is 1. The number of halogens is 4. The van der Waals surface area contributed by atoms with Gasteiger partial charge in [-0.05, 0) is 36.8 Å². The van der Waals surface area contributed by atoms with Crippen LogP contribution in [-0.4, -0.2) is 29.0 Å². The van der Waals surface area contributed by atoms with E-state index in [0.717, 1.165) is 0 Å². The summed E-state index contributed by atoms with van der Waals surface area (Å²) >= 11 is 0. The van der Waals surface area contributed by atoms with Crippen LogP contribution in [0.4, 0.5) is 23.4 Å². The van der Waals surface area contributed by atoms with E-state index >= 15 is 0 Å². The summed E-state index contributed by atoms with van der Waals surface area (Å²) in [7, 11) is 0. The summed E-state index contributed by atoms with van der Waals surface area (Å²) in [5.74, 6) is -1.99. The van der Waals surface area contributed by atoms with Crippen molar-refractivity contribution in [1.82, 2.24) is 15.3 Å². The monoisotopic (exact) mass is 406 g/mol. The topological polar surface area (TPSA) is 58.1 Å². The first-order valence-corrected chi connectivity index (χ1v) is 8.88. The maximum absolute atomic E-state index is 13.2. The van der Waals surface area contributed by atoms with Crippen LogP contribution >= 0.6 is 0 Å². The molecule has 0 aliphatic heterocycles. The molecule has 0 spiro atoms. The van der Waals surface area contributed by atoms with Crippen molar-refractivity contribution >= 4 is 22.6 Å². The number of likely N-dealkylation sites (N-methyl/N-ethyl adjacent to an activating group) is 1. The molecule has 0 saturated carbocycles. The molecule has 9 heteroatoms. The van der Waals surface area contributed by atoms with Crippen LogP contribution in [0.25, 0.3) is 10.9 Å². The lowest BCUT2D eigenvalue weighted by Crippen LogP contribution is -2.37. The van der Waals surface area contributed by atoms with E-state index in [0.29, 0.717) is 10.9 Å². The molecule has 3 aromatic rings. The van der Waals surface area contributed by atoms with E-state index < -0.39 is 17.9 Å². The Bertz CT molecular complexity index is 1010. The zero-order valence-electron chi connectivity index (χ0n) is 15.5.